The summed E-state index contributed by atoms with van der Waals surface area (Å²) in [7, 11) is 1.79. The molecule has 0 bridgehead atoms. The maximum atomic E-state index is 5.65. The first-order chi connectivity index (χ1) is 12.9. The van der Waals surface area contributed by atoms with Gasteiger partial charge >= 0.3 is 0 Å². The molecule has 1 aromatic carbocycles. The number of nitrogens with one attached hydrogen (secondary N) is 2. The van der Waals surface area contributed by atoms with Crippen LogP contribution in [0.25, 0.3) is 10.9 Å². The SMILES string of the molecule is CN=C(NCCCn1ccc2ccccc21)NCCOCC1CCCO1.I. The second kappa shape index (κ2) is 12.2. The molecule has 6 nitrogen and oxygen atoms in total. The predicted molar refractivity (Wildman–Crippen MR) is 121 cm³/mol. The number of nitrogens with zero attached hydrogens (tertiary/aromatic N) is 2. The van der Waals surface area contributed by atoms with Crippen LogP contribution in [0.1, 0.15) is 19.3 Å². The molecule has 0 aliphatic carbocycles. The Morgan fingerprint density at radius 1 is 1.26 bits per heavy atom. The lowest BCUT2D eigenvalue weighted by Crippen LogP contribution is -2.39. The van der Waals surface area contributed by atoms with Crippen LogP contribution in [-0.4, -0.2) is 56.6 Å². The van der Waals surface area contributed by atoms with Crippen LogP contribution in [0.3, 0.4) is 0 Å². The Morgan fingerprint density at radius 2 is 2.11 bits per heavy atom. The smallest absolute Gasteiger partial charge is 0.191 e. The summed E-state index contributed by atoms with van der Waals surface area (Å²) in [4.78, 5) is 4.26. The standard InChI is InChI=1S/C20H30N4O2.HI/c1-21-20(23-11-15-25-16-18-7-4-14-26-18)22-10-5-12-24-13-9-17-6-2-3-8-19(17)24;/h2-3,6,8-9,13,18H,4-5,7,10-12,14-16H2,1H3,(H2,21,22,23);1H. The van der Waals surface area contributed by atoms with E-state index in [0.717, 1.165) is 51.5 Å². The second-order valence-electron chi connectivity index (χ2n) is 6.56. The third kappa shape index (κ3) is 6.97. The first kappa shape index (κ1) is 22.0. The first-order valence-electron chi connectivity index (χ1n) is 9.54. The predicted octanol–water partition coefficient (Wildman–Crippen LogP) is 3.01. The van der Waals surface area contributed by atoms with Gasteiger partial charge in [0.25, 0.3) is 0 Å². The zero-order valence-electron chi connectivity index (χ0n) is 16.0. The molecule has 1 aliphatic heterocycles. The van der Waals surface area contributed by atoms with Crippen molar-refractivity contribution in [3.05, 3.63) is 36.5 Å². The van der Waals surface area contributed by atoms with Gasteiger partial charge in [0.2, 0.25) is 0 Å². The molecule has 0 radical (unpaired) electrons. The zero-order valence-corrected chi connectivity index (χ0v) is 18.4. The highest BCUT2D eigenvalue weighted by atomic mass is 127. The van der Waals surface area contributed by atoms with E-state index in [-0.39, 0.29) is 30.1 Å². The number of hydrogen-bond donors (Lipinski definition) is 2. The van der Waals surface area contributed by atoms with Crippen molar-refractivity contribution >= 4 is 40.8 Å². The Morgan fingerprint density at radius 3 is 2.93 bits per heavy atom. The van der Waals surface area contributed by atoms with Crippen LogP contribution in [0, 0.1) is 0 Å². The van der Waals surface area contributed by atoms with Crippen molar-refractivity contribution in [2.75, 3.05) is 40.0 Å². The van der Waals surface area contributed by atoms with Crippen molar-refractivity contribution in [3.8, 4) is 0 Å². The summed E-state index contributed by atoms with van der Waals surface area (Å²) < 4.78 is 13.5. The average molecular weight is 486 g/mol. The topological polar surface area (TPSA) is 59.8 Å². The highest BCUT2D eigenvalue weighted by Crippen LogP contribution is 2.15. The van der Waals surface area contributed by atoms with E-state index in [1.54, 1.807) is 7.05 Å². The molecule has 150 valence electrons. The van der Waals surface area contributed by atoms with Crippen LogP contribution in [0.4, 0.5) is 0 Å². The van der Waals surface area contributed by atoms with Gasteiger partial charge < -0.3 is 24.7 Å². The molecular formula is C20H31IN4O2. The summed E-state index contributed by atoms with van der Waals surface area (Å²) in [6.45, 7) is 4.84. The summed E-state index contributed by atoms with van der Waals surface area (Å²) >= 11 is 0. The molecule has 1 unspecified atom stereocenters. The molecule has 1 saturated heterocycles. The van der Waals surface area contributed by atoms with Crippen molar-refractivity contribution in [1.82, 2.24) is 15.2 Å². The van der Waals surface area contributed by atoms with E-state index in [4.69, 9.17) is 9.47 Å². The van der Waals surface area contributed by atoms with E-state index >= 15 is 0 Å². The third-order valence-corrected chi connectivity index (χ3v) is 4.64. The molecule has 2 N–H and O–H groups in total. The van der Waals surface area contributed by atoms with Gasteiger partial charge in [0, 0.05) is 45.0 Å². The highest BCUT2D eigenvalue weighted by Gasteiger charge is 2.14. The fraction of sp³-hybridized carbons (Fsp3) is 0.550. The zero-order chi connectivity index (χ0) is 18.0. The Kier molecular flexibility index (Phi) is 9.93. The van der Waals surface area contributed by atoms with Gasteiger partial charge in [-0.2, -0.15) is 0 Å². The number of aliphatic imine (C=N–C) groups is 1. The molecule has 7 heteroatoms. The molecule has 1 aromatic heterocycles. The van der Waals surface area contributed by atoms with Gasteiger partial charge in [-0.05, 0) is 36.8 Å². The number of halogens is 1. The summed E-state index contributed by atoms with van der Waals surface area (Å²) in [5.41, 5.74) is 1.29. The van der Waals surface area contributed by atoms with Crippen molar-refractivity contribution in [1.29, 1.82) is 0 Å². The summed E-state index contributed by atoms with van der Waals surface area (Å²) in [5.74, 6) is 0.822. The van der Waals surface area contributed by atoms with Crippen LogP contribution >= 0.6 is 24.0 Å². The van der Waals surface area contributed by atoms with Gasteiger partial charge in [-0.3, -0.25) is 4.99 Å². The average Bonchev–Trinajstić information content (AvgIpc) is 3.33. The maximum Gasteiger partial charge on any atom is 0.191 e. The number of aromatic nitrogens is 1. The quantitative estimate of drug-likeness (QED) is 0.248. The molecule has 0 spiro atoms. The minimum absolute atomic E-state index is 0. The molecule has 1 aliphatic rings. The van der Waals surface area contributed by atoms with E-state index in [0.29, 0.717) is 13.2 Å². The van der Waals surface area contributed by atoms with Crippen molar-refractivity contribution in [2.24, 2.45) is 4.99 Å². The molecule has 0 saturated carbocycles. The molecular weight excluding hydrogens is 455 g/mol. The van der Waals surface area contributed by atoms with Gasteiger partial charge in [0.15, 0.2) is 5.96 Å². The maximum absolute atomic E-state index is 5.65. The number of guanidine groups is 1. The number of hydrogen-bond acceptors (Lipinski definition) is 3. The normalized spacial score (nSPS) is 17.1. The monoisotopic (exact) mass is 486 g/mol. The van der Waals surface area contributed by atoms with E-state index in [2.05, 4.69) is 56.7 Å². The van der Waals surface area contributed by atoms with Gasteiger partial charge in [0.1, 0.15) is 0 Å². The number of para-hydroxylation sites is 1. The Labute approximate surface area is 178 Å². The van der Waals surface area contributed by atoms with Crippen molar-refractivity contribution in [2.45, 2.75) is 31.9 Å². The lowest BCUT2D eigenvalue weighted by Gasteiger charge is -2.13. The molecule has 2 aromatic rings. The van der Waals surface area contributed by atoms with Crippen LogP contribution in [0.2, 0.25) is 0 Å². The largest absolute Gasteiger partial charge is 0.377 e. The first-order valence-corrected chi connectivity index (χ1v) is 9.54. The number of benzene rings is 1. The number of rotatable bonds is 9. The van der Waals surface area contributed by atoms with Gasteiger partial charge in [-0.25, -0.2) is 0 Å². The lowest BCUT2D eigenvalue weighted by molar-refractivity contribution is 0.0191. The minimum atomic E-state index is 0. The Bertz CT molecular complexity index is 698. The molecule has 27 heavy (non-hydrogen) atoms. The van der Waals surface area contributed by atoms with E-state index in [1.165, 1.54) is 10.9 Å². The third-order valence-electron chi connectivity index (χ3n) is 4.64. The van der Waals surface area contributed by atoms with Gasteiger partial charge in [0.05, 0.1) is 19.3 Å². The lowest BCUT2D eigenvalue weighted by atomic mass is 10.2. The van der Waals surface area contributed by atoms with Gasteiger partial charge in [-0.1, -0.05) is 18.2 Å². The van der Waals surface area contributed by atoms with Crippen LogP contribution in [-0.2, 0) is 16.0 Å². The summed E-state index contributed by atoms with van der Waals surface area (Å²) in [6.07, 6.45) is 5.75. The highest BCUT2D eigenvalue weighted by molar-refractivity contribution is 14.0. The molecule has 3 rings (SSSR count). The van der Waals surface area contributed by atoms with Gasteiger partial charge in [-0.15, -0.1) is 24.0 Å². The molecule has 1 atom stereocenters. The van der Waals surface area contributed by atoms with E-state index in [9.17, 15) is 0 Å². The number of ether oxygens (including phenoxy) is 2. The second-order valence-corrected chi connectivity index (χ2v) is 6.56. The van der Waals surface area contributed by atoms with E-state index in [1.807, 2.05) is 0 Å². The molecule has 1 fully saturated rings. The van der Waals surface area contributed by atoms with Crippen LogP contribution in [0.5, 0.6) is 0 Å². The number of fused-ring (bicyclic) bond motifs is 1. The number of aryl methyl sites for hydroxylation is 1. The summed E-state index contributed by atoms with van der Waals surface area (Å²) in [5, 5.41) is 7.93. The molecule has 0 amide bonds. The van der Waals surface area contributed by atoms with Crippen molar-refractivity contribution in [3.63, 3.8) is 0 Å². The minimum Gasteiger partial charge on any atom is -0.377 e. The van der Waals surface area contributed by atoms with Crippen LogP contribution < -0.4 is 10.6 Å². The fourth-order valence-electron chi connectivity index (χ4n) is 3.24. The Balaban J connectivity index is 0.00000261. The molecule has 2 heterocycles. The van der Waals surface area contributed by atoms with E-state index < -0.39 is 0 Å². The fourth-order valence-corrected chi connectivity index (χ4v) is 3.24. The van der Waals surface area contributed by atoms with Crippen molar-refractivity contribution < 1.29 is 9.47 Å². The summed E-state index contributed by atoms with van der Waals surface area (Å²) in [6, 6.07) is 10.6. The Hall–Kier alpha value is -1.32. The van der Waals surface area contributed by atoms with Crippen LogP contribution in [0.15, 0.2) is 41.5 Å².